The van der Waals surface area contributed by atoms with E-state index in [1.165, 1.54) is 14.2 Å². The van der Waals surface area contributed by atoms with Crippen LogP contribution in [0.1, 0.15) is 39.0 Å². The van der Waals surface area contributed by atoms with Gasteiger partial charge >= 0.3 is 5.97 Å². The van der Waals surface area contributed by atoms with Crippen LogP contribution in [0, 0.1) is 13.8 Å². The summed E-state index contributed by atoms with van der Waals surface area (Å²) < 4.78 is 9.88. The Morgan fingerprint density at radius 3 is 2.48 bits per heavy atom. The second kappa shape index (κ2) is 7.61. The van der Waals surface area contributed by atoms with E-state index in [0.29, 0.717) is 39.0 Å². The second-order valence-electron chi connectivity index (χ2n) is 5.70. The molecule has 1 heterocycles. The fourth-order valence-corrected chi connectivity index (χ4v) is 2.95. The molecule has 0 bridgehead atoms. The predicted molar refractivity (Wildman–Crippen MR) is 97.0 cm³/mol. The molecule has 0 aliphatic rings. The predicted octanol–water partition coefficient (Wildman–Crippen LogP) is 3.76. The highest BCUT2D eigenvalue weighted by atomic mass is 35.5. The summed E-state index contributed by atoms with van der Waals surface area (Å²) in [6.45, 7) is 5.20. The minimum absolute atomic E-state index is 0.164. The number of methoxy groups -OCH3 is 2. The molecule has 0 amide bonds. The fraction of sp³-hybridized carbons (Fsp3) is 0.333. The number of rotatable bonds is 6. The van der Waals surface area contributed by atoms with Crippen molar-refractivity contribution in [2.24, 2.45) is 0 Å². The maximum absolute atomic E-state index is 12.8. The molecule has 0 saturated heterocycles. The van der Waals surface area contributed by atoms with Gasteiger partial charge in [0.05, 0.1) is 36.5 Å². The van der Waals surface area contributed by atoms with E-state index in [0.717, 1.165) is 0 Å². The van der Waals surface area contributed by atoms with Gasteiger partial charge in [0.1, 0.15) is 5.75 Å². The van der Waals surface area contributed by atoms with Crippen molar-refractivity contribution in [3.8, 4) is 5.75 Å². The Kier molecular flexibility index (Phi) is 5.74. The van der Waals surface area contributed by atoms with Gasteiger partial charge in [-0.25, -0.2) is 4.79 Å². The number of H-pyrrole nitrogens is 1. The van der Waals surface area contributed by atoms with Crippen LogP contribution in [0.25, 0.3) is 0 Å². The third-order valence-corrected chi connectivity index (χ3v) is 4.30. The monoisotopic (exact) mass is 364 g/mol. The van der Waals surface area contributed by atoms with Crippen LogP contribution < -0.4 is 10.1 Å². The zero-order valence-corrected chi connectivity index (χ0v) is 15.6. The summed E-state index contributed by atoms with van der Waals surface area (Å²) in [6, 6.07) is 4.67. The van der Waals surface area contributed by atoms with Gasteiger partial charge in [-0.15, -0.1) is 0 Å². The SMILES string of the molecule is COC(=O)c1c(C)[nH]c(C(=O)[C@@H](C)Nc2ccc(OC)c(Cl)c2)c1C. The van der Waals surface area contributed by atoms with E-state index < -0.39 is 12.0 Å². The zero-order chi connectivity index (χ0) is 18.7. The van der Waals surface area contributed by atoms with Crippen LogP contribution >= 0.6 is 11.6 Å². The zero-order valence-electron chi connectivity index (χ0n) is 14.8. The quantitative estimate of drug-likeness (QED) is 0.602. The van der Waals surface area contributed by atoms with Crippen LogP contribution in [-0.4, -0.2) is 37.0 Å². The number of halogens is 1. The third kappa shape index (κ3) is 3.79. The summed E-state index contributed by atoms with van der Waals surface area (Å²) in [5.41, 5.74) is 2.66. The number of ketones is 1. The lowest BCUT2D eigenvalue weighted by Gasteiger charge is -2.15. The molecule has 1 aromatic heterocycles. The summed E-state index contributed by atoms with van der Waals surface area (Å²) in [7, 11) is 2.85. The van der Waals surface area contributed by atoms with E-state index >= 15 is 0 Å². The van der Waals surface area contributed by atoms with Crippen LogP contribution in [-0.2, 0) is 4.74 Å². The lowest BCUT2D eigenvalue weighted by molar-refractivity contribution is 0.0599. The molecule has 7 heteroatoms. The molecular formula is C18H21ClN2O4. The molecule has 0 spiro atoms. The molecule has 0 fully saturated rings. The highest BCUT2D eigenvalue weighted by molar-refractivity contribution is 6.32. The maximum Gasteiger partial charge on any atom is 0.339 e. The molecule has 2 aromatic rings. The maximum atomic E-state index is 12.8. The lowest BCUT2D eigenvalue weighted by Crippen LogP contribution is -2.27. The fourth-order valence-electron chi connectivity index (χ4n) is 2.69. The molecule has 2 rings (SSSR count). The molecule has 0 unspecified atom stereocenters. The first-order chi connectivity index (χ1) is 11.8. The molecule has 0 radical (unpaired) electrons. The number of hydrogen-bond donors (Lipinski definition) is 2. The van der Waals surface area contributed by atoms with Gasteiger partial charge in [0, 0.05) is 11.4 Å². The molecule has 0 saturated carbocycles. The van der Waals surface area contributed by atoms with E-state index in [4.69, 9.17) is 21.1 Å². The van der Waals surface area contributed by atoms with Gasteiger partial charge in [0.15, 0.2) is 0 Å². The van der Waals surface area contributed by atoms with Gasteiger partial charge < -0.3 is 19.8 Å². The molecule has 2 N–H and O–H groups in total. The Morgan fingerprint density at radius 1 is 1.24 bits per heavy atom. The van der Waals surface area contributed by atoms with Crippen molar-refractivity contribution in [2.75, 3.05) is 19.5 Å². The first-order valence-electron chi connectivity index (χ1n) is 7.71. The van der Waals surface area contributed by atoms with Crippen LogP contribution in [0.2, 0.25) is 5.02 Å². The summed E-state index contributed by atoms with van der Waals surface area (Å²) in [5, 5.41) is 3.56. The number of hydrogen-bond acceptors (Lipinski definition) is 5. The standard InChI is InChI=1S/C18H21ClN2O4/c1-9-15(18(23)25-5)10(2)21-16(9)17(22)11(3)20-12-6-7-14(24-4)13(19)8-12/h6-8,11,20-21H,1-5H3/t11-/m1/s1. The minimum atomic E-state index is -0.522. The van der Waals surface area contributed by atoms with Crippen molar-refractivity contribution < 1.29 is 19.1 Å². The number of Topliss-reactive ketones (excluding diaryl/α,β-unsaturated/α-hetero) is 1. The number of aromatic nitrogens is 1. The molecule has 25 heavy (non-hydrogen) atoms. The number of anilines is 1. The van der Waals surface area contributed by atoms with Gasteiger partial charge in [0.2, 0.25) is 5.78 Å². The van der Waals surface area contributed by atoms with Gasteiger partial charge in [-0.3, -0.25) is 4.79 Å². The summed E-state index contributed by atoms with van der Waals surface area (Å²) in [6.07, 6.45) is 0. The number of aromatic amines is 1. The smallest absolute Gasteiger partial charge is 0.339 e. The van der Waals surface area contributed by atoms with Gasteiger partial charge in [-0.2, -0.15) is 0 Å². The molecule has 6 nitrogen and oxygen atoms in total. The molecule has 0 aliphatic carbocycles. The van der Waals surface area contributed by atoms with E-state index in [9.17, 15) is 9.59 Å². The molecule has 134 valence electrons. The topological polar surface area (TPSA) is 80.4 Å². The van der Waals surface area contributed by atoms with Crippen LogP contribution in [0.4, 0.5) is 5.69 Å². The lowest BCUT2D eigenvalue weighted by atomic mass is 10.0. The number of carbonyl (C=O) groups excluding carboxylic acids is 2. The van der Waals surface area contributed by atoms with Crippen LogP contribution in [0.5, 0.6) is 5.75 Å². The van der Waals surface area contributed by atoms with E-state index in [-0.39, 0.29) is 5.78 Å². The number of aryl methyl sites for hydroxylation is 1. The molecule has 1 aromatic carbocycles. The van der Waals surface area contributed by atoms with Crippen molar-refractivity contribution >= 4 is 29.0 Å². The van der Waals surface area contributed by atoms with Crippen molar-refractivity contribution in [3.63, 3.8) is 0 Å². The van der Waals surface area contributed by atoms with Crippen molar-refractivity contribution in [2.45, 2.75) is 26.8 Å². The van der Waals surface area contributed by atoms with Gasteiger partial charge in [0.25, 0.3) is 0 Å². The average Bonchev–Trinajstić information content (AvgIpc) is 2.88. The van der Waals surface area contributed by atoms with Crippen molar-refractivity contribution in [3.05, 3.63) is 45.7 Å². The largest absolute Gasteiger partial charge is 0.495 e. The molecular weight excluding hydrogens is 344 g/mol. The van der Waals surface area contributed by atoms with E-state index in [1.807, 2.05) is 0 Å². The number of carbonyl (C=O) groups is 2. The van der Waals surface area contributed by atoms with E-state index in [1.54, 1.807) is 39.0 Å². The Morgan fingerprint density at radius 2 is 1.92 bits per heavy atom. The highest BCUT2D eigenvalue weighted by Crippen LogP contribution is 2.28. The Labute approximate surface area is 151 Å². The highest BCUT2D eigenvalue weighted by Gasteiger charge is 2.25. The van der Waals surface area contributed by atoms with Gasteiger partial charge in [-0.1, -0.05) is 11.6 Å². The Hall–Kier alpha value is -2.47. The average molecular weight is 365 g/mol. The molecule has 0 aliphatic heterocycles. The van der Waals surface area contributed by atoms with Gasteiger partial charge in [-0.05, 0) is 44.5 Å². The number of ether oxygens (including phenoxy) is 2. The van der Waals surface area contributed by atoms with Crippen molar-refractivity contribution in [1.82, 2.24) is 4.98 Å². The van der Waals surface area contributed by atoms with Crippen LogP contribution in [0.3, 0.4) is 0 Å². The normalized spacial score (nSPS) is 11.8. The number of nitrogens with one attached hydrogen (secondary N) is 2. The van der Waals surface area contributed by atoms with E-state index in [2.05, 4.69) is 10.3 Å². The first-order valence-corrected chi connectivity index (χ1v) is 8.09. The third-order valence-electron chi connectivity index (χ3n) is 4.00. The summed E-state index contributed by atoms with van der Waals surface area (Å²) in [5.74, 6) is -0.0692. The van der Waals surface area contributed by atoms with Crippen molar-refractivity contribution in [1.29, 1.82) is 0 Å². The Bertz CT molecular complexity index is 814. The summed E-state index contributed by atoms with van der Waals surface area (Å²) in [4.78, 5) is 27.6. The number of esters is 1. The minimum Gasteiger partial charge on any atom is -0.495 e. The first kappa shape index (κ1) is 18.9. The second-order valence-corrected chi connectivity index (χ2v) is 6.10. The molecule has 1 atom stereocenters. The Balaban J connectivity index is 2.23. The van der Waals surface area contributed by atoms with Crippen LogP contribution in [0.15, 0.2) is 18.2 Å². The number of benzene rings is 1. The summed E-state index contributed by atoms with van der Waals surface area (Å²) >= 11 is 6.10.